The predicted molar refractivity (Wildman–Crippen MR) is 84.3 cm³/mol. The van der Waals surface area contributed by atoms with Crippen LogP contribution in [0.4, 0.5) is 0 Å². The van der Waals surface area contributed by atoms with Crippen LogP contribution in [-0.4, -0.2) is 5.78 Å². The van der Waals surface area contributed by atoms with Crippen LogP contribution >= 0.6 is 0 Å². The Bertz CT molecular complexity index is 582. The largest absolute Gasteiger partial charge is 0.289 e. The van der Waals surface area contributed by atoms with Gasteiger partial charge in [-0.3, -0.25) is 4.79 Å². The summed E-state index contributed by atoms with van der Waals surface area (Å²) >= 11 is 0. The van der Waals surface area contributed by atoms with Crippen LogP contribution in [0.15, 0.2) is 54.6 Å². The third-order valence-electron chi connectivity index (χ3n) is 3.81. The molecule has 1 nitrogen and oxygen atoms in total. The molecule has 2 aromatic rings. The number of benzene rings is 2. The Balaban J connectivity index is 2.46. The summed E-state index contributed by atoms with van der Waals surface area (Å²) in [4.78, 5) is 12.7. The zero-order valence-corrected chi connectivity index (χ0v) is 12.5. The van der Waals surface area contributed by atoms with Crippen molar-refractivity contribution in [1.29, 1.82) is 0 Å². The third kappa shape index (κ3) is 2.98. The van der Waals surface area contributed by atoms with Crippen molar-refractivity contribution in [2.24, 2.45) is 0 Å². The van der Waals surface area contributed by atoms with E-state index in [0.717, 1.165) is 29.5 Å². The highest BCUT2D eigenvalue weighted by Crippen LogP contribution is 2.32. The molecule has 0 aromatic heterocycles. The lowest BCUT2D eigenvalue weighted by molar-refractivity contribution is 0.103. The van der Waals surface area contributed by atoms with Gasteiger partial charge in [0, 0.05) is 11.1 Å². The highest BCUT2D eigenvalue weighted by Gasteiger charge is 2.25. The summed E-state index contributed by atoms with van der Waals surface area (Å²) < 4.78 is 0. The van der Waals surface area contributed by atoms with Gasteiger partial charge in [-0.1, -0.05) is 81.8 Å². The second kappa shape index (κ2) is 6.04. The predicted octanol–water partition coefficient (Wildman–Crippen LogP) is 5.00. The highest BCUT2D eigenvalue weighted by molar-refractivity contribution is 6.10. The maximum Gasteiger partial charge on any atom is 0.193 e. The van der Waals surface area contributed by atoms with E-state index >= 15 is 0 Å². The molecule has 104 valence electrons. The van der Waals surface area contributed by atoms with Gasteiger partial charge < -0.3 is 0 Å². The normalized spacial score (nSPS) is 11.3. The fourth-order valence-corrected chi connectivity index (χ4v) is 2.78. The highest BCUT2D eigenvalue weighted by atomic mass is 16.1. The zero-order valence-electron chi connectivity index (χ0n) is 12.5. The average molecular weight is 266 g/mol. The van der Waals surface area contributed by atoms with Crippen LogP contribution in [0.25, 0.3) is 0 Å². The van der Waals surface area contributed by atoms with Crippen LogP contribution in [0.2, 0.25) is 0 Å². The van der Waals surface area contributed by atoms with Gasteiger partial charge >= 0.3 is 0 Å². The molecule has 0 saturated heterocycles. The molecular formula is C19H22O. The van der Waals surface area contributed by atoms with Gasteiger partial charge in [0.2, 0.25) is 0 Å². The minimum atomic E-state index is 0.0236. The lowest BCUT2D eigenvalue weighted by Gasteiger charge is -2.27. The summed E-state index contributed by atoms with van der Waals surface area (Å²) in [5, 5.41) is 0. The quantitative estimate of drug-likeness (QED) is 0.696. The second-order valence-electron chi connectivity index (χ2n) is 5.87. The fraction of sp³-hybridized carbons (Fsp3) is 0.316. The monoisotopic (exact) mass is 266 g/mol. The van der Waals surface area contributed by atoms with E-state index in [0.29, 0.717) is 0 Å². The Hall–Kier alpha value is -1.89. The number of carbonyl (C=O) groups is 1. The van der Waals surface area contributed by atoms with Gasteiger partial charge in [0.1, 0.15) is 0 Å². The third-order valence-corrected chi connectivity index (χ3v) is 3.81. The van der Waals surface area contributed by atoms with Gasteiger partial charge in [-0.25, -0.2) is 0 Å². The molecule has 0 fully saturated rings. The van der Waals surface area contributed by atoms with Crippen LogP contribution in [0.5, 0.6) is 0 Å². The van der Waals surface area contributed by atoms with Crippen molar-refractivity contribution in [2.45, 2.75) is 39.0 Å². The zero-order chi connectivity index (χ0) is 14.6. The van der Waals surface area contributed by atoms with E-state index in [-0.39, 0.29) is 11.2 Å². The molecule has 2 aromatic carbocycles. The molecule has 0 spiro atoms. The van der Waals surface area contributed by atoms with Crippen molar-refractivity contribution in [1.82, 2.24) is 0 Å². The number of rotatable bonds is 5. The van der Waals surface area contributed by atoms with Crippen molar-refractivity contribution in [3.8, 4) is 0 Å². The molecular weight excluding hydrogens is 244 g/mol. The molecule has 0 bridgehead atoms. The molecule has 20 heavy (non-hydrogen) atoms. The number of hydrogen-bond acceptors (Lipinski definition) is 1. The van der Waals surface area contributed by atoms with E-state index in [2.05, 4.69) is 26.8 Å². The summed E-state index contributed by atoms with van der Waals surface area (Å²) in [5.74, 6) is 0.116. The van der Waals surface area contributed by atoms with Gasteiger partial charge in [-0.15, -0.1) is 0 Å². The summed E-state index contributed by atoms with van der Waals surface area (Å²) in [5.41, 5.74) is 2.76. The molecule has 0 unspecified atom stereocenters. The van der Waals surface area contributed by atoms with Gasteiger partial charge in [-0.05, 0) is 17.4 Å². The van der Waals surface area contributed by atoms with Crippen LogP contribution < -0.4 is 0 Å². The first-order chi connectivity index (χ1) is 9.56. The van der Waals surface area contributed by atoms with Gasteiger partial charge in [0.05, 0.1) is 0 Å². The minimum Gasteiger partial charge on any atom is -0.289 e. The fourth-order valence-electron chi connectivity index (χ4n) is 2.78. The molecule has 0 N–H and O–H groups in total. The summed E-state index contributed by atoms with van der Waals surface area (Å²) in [6, 6.07) is 17.5. The second-order valence-corrected chi connectivity index (χ2v) is 5.87. The summed E-state index contributed by atoms with van der Waals surface area (Å²) in [6.45, 7) is 6.62. The van der Waals surface area contributed by atoms with E-state index in [1.54, 1.807) is 0 Å². The Morgan fingerprint density at radius 1 is 0.950 bits per heavy atom. The SMILES string of the molecule is CCCC(C)(C)c1ccccc1C(=O)c1ccccc1. The lowest BCUT2D eigenvalue weighted by atomic mass is 9.77. The van der Waals surface area contributed by atoms with Crippen molar-refractivity contribution in [3.05, 3.63) is 71.3 Å². The van der Waals surface area contributed by atoms with Gasteiger partial charge in [0.25, 0.3) is 0 Å². The molecule has 0 aliphatic carbocycles. The Labute approximate surface area is 121 Å². The Morgan fingerprint density at radius 3 is 2.20 bits per heavy atom. The first-order valence-corrected chi connectivity index (χ1v) is 7.25. The maximum atomic E-state index is 12.7. The molecule has 1 heteroatoms. The minimum absolute atomic E-state index is 0.0236. The summed E-state index contributed by atoms with van der Waals surface area (Å²) in [6.07, 6.45) is 2.19. The maximum absolute atomic E-state index is 12.7. The number of carbonyl (C=O) groups excluding carboxylic acids is 1. The molecule has 2 rings (SSSR count). The molecule has 0 saturated carbocycles. The van der Waals surface area contributed by atoms with Crippen molar-refractivity contribution in [3.63, 3.8) is 0 Å². The molecule has 0 aliphatic rings. The van der Waals surface area contributed by atoms with Gasteiger partial charge in [0.15, 0.2) is 5.78 Å². The van der Waals surface area contributed by atoms with E-state index in [1.807, 2.05) is 48.5 Å². The first-order valence-electron chi connectivity index (χ1n) is 7.25. The van der Waals surface area contributed by atoms with E-state index < -0.39 is 0 Å². The van der Waals surface area contributed by atoms with E-state index in [1.165, 1.54) is 0 Å². The van der Waals surface area contributed by atoms with Crippen molar-refractivity contribution >= 4 is 5.78 Å². The van der Waals surface area contributed by atoms with E-state index in [9.17, 15) is 4.79 Å². The molecule has 0 heterocycles. The van der Waals surface area contributed by atoms with Crippen molar-refractivity contribution in [2.75, 3.05) is 0 Å². The molecule has 0 radical (unpaired) electrons. The van der Waals surface area contributed by atoms with Gasteiger partial charge in [-0.2, -0.15) is 0 Å². The topological polar surface area (TPSA) is 17.1 Å². The summed E-state index contributed by atoms with van der Waals surface area (Å²) in [7, 11) is 0. The van der Waals surface area contributed by atoms with Crippen molar-refractivity contribution < 1.29 is 4.79 Å². The molecule has 0 amide bonds. The number of hydrogen-bond donors (Lipinski definition) is 0. The van der Waals surface area contributed by atoms with Crippen LogP contribution in [0, 0.1) is 0 Å². The lowest BCUT2D eigenvalue weighted by Crippen LogP contribution is -2.21. The average Bonchev–Trinajstić information content (AvgIpc) is 2.47. The standard InChI is InChI=1S/C19H22O/c1-4-14-19(2,3)17-13-9-8-12-16(17)18(20)15-10-6-5-7-11-15/h5-13H,4,14H2,1-3H3. The van der Waals surface area contributed by atoms with E-state index in [4.69, 9.17) is 0 Å². The van der Waals surface area contributed by atoms with Crippen LogP contribution in [-0.2, 0) is 5.41 Å². The first kappa shape index (κ1) is 14.5. The Kier molecular flexibility index (Phi) is 4.39. The van der Waals surface area contributed by atoms with Crippen LogP contribution in [0.1, 0.15) is 55.1 Å². The molecule has 0 aliphatic heterocycles. The van der Waals surface area contributed by atoms with Crippen LogP contribution in [0.3, 0.4) is 0 Å². The molecule has 0 atom stereocenters. The smallest absolute Gasteiger partial charge is 0.193 e. The Morgan fingerprint density at radius 2 is 1.55 bits per heavy atom. The number of ketones is 1.